The molecule has 0 aromatic rings. The first-order valence-corrected chi connectivity index (χ1v) is 0.655. The van der Waals surface area contributed by atoms with E-state index in [9.17, 15) is 13.2 Å². The van der Waals surface area contributed by atoms with Gasteiger partial charge in [0, 0.05) is 21.1 Å². The van der Waals surface area contributed by atoms with Crippen LogP contribution < -0.4 is 0 Å². The van der Waals surface area contributed by atoms with E-state index in [1.54, 1.807) is 0 Å². The molecule has 0 radical (unpaired) electrons. The summed E-state index contributed by atoms with van der Waals surface area (Å²) in [5.41, 5.74) is 0. The van der Waals surface area contributed by atoms with Crippen LogP contribution >= 0.6 is 0 Å². The number of hydrogen-bond acceptors (Lipinski definition) is 0. The van der Waals surface area contributed by atoms with Gasteiger partial charge in [-0.3, -0.25) is 0 Å². The van der Waals surface area contributed by atoms with Crippen LogP contribution in [0.1, 0.15) is 0 Å². The molecule has 0 atom stereocenters. The second-order valence-electron chi connectivity index (χ2n) is 0.247. The zero-order valence-electron chi connectivity index (χ0n) is 2.12. The van der Waals surface area contributed by atoms with Gasteiger partial charge in [-0.25, -0.2) is 0 Å². The summed E-state index contributed by atoms with van der Waals surface area (Å²) in [5.74, 6) is 0. The van der Waals surface area contributed by atoms with Crippen molar-refractivity contribution in [1.29, 1.82) is 0 Å². The van der Waals surface area contributed by atoms with E-state index in [2.05, 4.69) is 0 Å². The Morgan fingerprint density at radius 1 is 1.00 bits per heavy atom. The molecule has 0 aliphatic rings. The fourth-order valence-corrected chi connectivity index (χ4v) is 0. The van der Waals surface area contributed by atoms with Crippen molar-refractivity contribution < 1.29 is 34.2 Å². The summed E-state index contributed by atoms with van der Waals surface area (Å²) in [4.78, 5) is 0. The van der Waals surface area contributed by atoms with Gasteiger partial charge < -0.3 is 0 Å². The predicted molar refractivity (Wildman–Crippen MR) is 7.11 cm³/mol. The minimum atomic E-state index is -3.67. The van der Waals surface area contributed by atoms with Crippen molar-refractivity contribution in [1.82, 2.24) is 0 Å². The van der Waals surface area contributed by atoms with Gasteiger partial charge in [0.15, 0.2) is 0 Å². The molecule has 0 aromatic carbocycles. The summed E-state index contributed by atoms with van der Waals surface area (Å²) in [6.45, 7) is -3.67. The molecule has 0 aliphatic heterocycles. The maximum Gasteiger partial charge on any atom is 0.379 e. The first kappa shape index (κ1) is 9.08. The Morgan fingerprint density at radius 2 is 1.00 bits per heavy atom. The van der Waals surface area contributed by atoms with Gasteiger partial charge in [0.25, 0.3) is 0 Å². The second-order valence-corrected chi connectivity index (χ2v) is 0.247. The van der Waals surface area contributed by atoms with Crippen molar-refractivity contribution in [3.05, 3.63) is 0 Å². The number of hydrogen-bond donors (Lipinski definition) is 0. The molecule has 5 heavy (non-hydrogen) atoms. The molecule has 0 saturated carbocycles. The Kier molecular flexibility index (Phi) is 8.13. The normalized spacial score (nSPS) is 7.20. The van der Waals surface area contributed by atoms with Gasteiger partial charge in [0.1, 0.15) is 0 Å². The summed E-state index contributed by atoms with van der Waals surface area (Å²) in [6, 6.07) is 0. The van der Waals surface area contributed by atoms with E-state index in [1.165, 1.54) is 0 Å². The van der Waals surface area contributed by atoms with Crippen LogP contribution in [0, 0.1) is 0 Å². The average molecular weight is 166 g/mol. The molecule has 0 N–H and O–H groups in total. The van der Waals surface area contributed by atoms with Gasteiger partial charge >= 0.3 is 6.68 Å². The molecule has 0 heterocycles. The van der Waals surface area contributed by atoms with Crippen LogP contribution in [0.4, 0.5) is 13.2 Å². The van der Waals surface area contributed by atoms with E-state index in [-0.39, 0.29) is 21.1 Å². The fourth-order valence-electron chi connectivity index (χ4n) is 0. The monoisotopic (exact) mass is 168 g/mol. The van der Waals surface area contributed by atoms with Gasteiger partial charge in [-0.15, -0.1) is 0 Å². The van der Waals surface area contributed by atoms with Crippen molar-refractivity contribution in [3.8, 4) is 0 Å². The number of alkyl halides is 3. The van der Waals surface area contributed by atoms with Crippen LogP contribution in [0.3, 0.4) is 0 Å². The second kappa shape index (κ2) is 4.48. The zero-order chi connectivity index (χ0) is 3.58. The van der Waals surface area contributed by atoms with Gasteiger partial charge in [-0.1, -0.05) is 0 Å². The first-order valence-electron chi connectivity index (χ1n) is 0.655. The van der Waals surface area contributed by atoms with Crippen LogP contribution in [0.15, 0.2) is 0 Å². The molecule has 0 unspecified atom stereocenters. The third kappa shape index (κ3) is 120. The third-order valence-electron chi connectivity index (χ3n) is 0. The van der Waals surface area contributed by atoms with E-state index < -0.39 is 6.68 Å². The molecule has 0 aliphatic carbocycles. The molecular formula is CHF3Mo. The molecule has 0 aromatic heterocycles. The molecule has 0 rings (SSSR count). The van der Waals surface area contributed by atoms with Gasteiger partial charge in [0.05, 0.1) is 0 Å². The maximum absolute atomic E-state index is 9.67. The van der Waals surface area contributed by atoms with Crippen LogP contribution in [0.2, 0.25) is 0 Å². The Bertz CT molecular complexity index is 11.6. The quantitative estimate of drug-likeness (QED) is 0.474. The smallest absolute Gasteiger partial charge is 0.174 e. The summed E-state index contributed by atoms with van der Waals surface area (Å²) in [5, 5.41) is 0. The van der Waals surface area contributed by atoms with Crippen molar-refractivity contribution in [2.24, 2.45) is 0 Å². The van der Waals surface area contributed by atoms with E-state index in [1.807, 2.05) is 0 Å². The molecule has 4 heteroatoms. The molecule has 0 saturated heterocycles. The topological polar surface area (TPSA) is 0 Å². The molecule has 0 amide bonds. The fraction of sp³-hybridized carbons (Fsp3) is 1.00. The summed E-state index contributed by atoms with van der Waals surface area (Å²) >= 11 is 0. The standard InChI is InChI=1S/CHF3.Mo/c2-1(3)4;/h1H;. The molecular weight excluding hydrogens is 165 g/mol. The molecule has 0 bridgehead atoms. The Balaban J connectivity index is 0. The zero-order valence-corrected chi connectivity index (χ0v) is 4.13. The average Bonchev–Trinajstić information content (AvgIpc) is 0.811. The first-order chi connectivity index (χ1) is 1.73. The van der Waals surface area contributed by atoms with Crippen molar-refractivity contribution >= 4 is 0 Å². The molecule has 32 valence electrons. The van der Waals surface area contributed by atoms with E-state index in [0.29, 0.717) is 0 Å². The van der Waals surface area contributed by atoms with Crippen LogP contribution in [-0.2, 0) is 21.1 Å². The van der Waals surface area contributed by atoms with Crippen LogP contribution in [-0.4, -0.2) is 6.68 Å². The predicted octanol–water partition coefficient (Wildman–Crippen LogP) is 1.18. The molecule has 0 nitrogen and oxygen atoms in total. The van der Waals surface area contributed by atoms with Crippen molar-refractivity contribution in [2.45, 2.75) is 6.68 Å². The third-order valence-corrected chi connectivity index (χ3v) is 0. The van der Waals surface area contributed by atoms with Crippen molar-refractivity contribution in [2.75, 3.05) is 0 Å². The summed E-state index contributed by atoms with van der Waals surface area (Å²) < 4.78 is 29.0. The molecule has 0 fully saturated rings. The van der Waals surface area contributed by atoms with E-state index in [4.69, 9.17) is 0 Å². The Labute approximate surface area is 41.6 Å². The van der Waals surface area contributed by atoms with E-state index >= 15 is 0 Å². The Morgan fingerprint density at radius 3 is 1.00 bits per heavy atom. The Hall–Kier alpha value is 0.478. The number of rotatable bonds is 0. The number of halogens is 3. The summed E-state index contributed by atoms with van der Waals surface area (Å²) in [6.07, 6.45) is 0. The van der Waals surface area contributed by atoms with Gasteiger partial charge in [-0.05, 0) is 0 Å². The minimum absolute atomic E-state index is 0. The van der Waals surface area contributed by atoms with Crippen LogP contribution in [0.25, 0.3) is 0 Å². The SMILES string of the molecule is FC(F)F.[Mo]. The van der Waals surface area contributed by atoms with Crippen LogP contribution in [0.5, 0.6) is 0 Å². The summed E-state index contributed by atoms with van der Waals surface area (Å²) in [7, 11) is 0. The van der Waals surface area contributed by atoms with Gasteiger partial charge in [0.2, 0.25) is 0 Å². The van der Waals surface area contributed by atoms with E-state index in [0.717, 1.165) is 0 Å². The maximum atomic E-state index is 9.67. The van der Waals surface area contributed by atoms with Gasteiger partial charge in [-0.2, -0.15) is 13.2 Å². The molecule has 0 spiro atoms. The van der Waals surface area contributed by atoms with Crippen molar-refractivity contribution in [3.63, 3.8) is 0 Å². The minimum Gasteiger partial charge on any atom is -0.174 e. The largest absolute Gasteiger partial charge is 0.379 e.